The molecule has 0 heterocycles. The second-order valence-electron chi connectivity index (χ2n) is 3.41. The number of ether oxygens (including phenoxy) is 1. The van der Waals surface area contributed by atoms with Crippen molar-refractivity contribution in [3.05, 3.63) is 23.8 Å². The molecular formula is C10H12O6S. The molecule has 94 valence electrons. The third kappa shape index (κ3) is 2.95. The zero-order valence-electron chi connectivity index (χ0n) is 9.25. The SMILES string of the molecule is COc1cc(C(=O)C(C)S(=O)(=O)O)ccc1O. The fraction of sp³-hybridized carbons (Fsp3) is 0.300. The van der Waals surface area contributed by atoms with Crippen LogP contribution in [0, 0.1) is 0 Å². The molecule has 0 radical (unpaired) electrons. The Hall–Kier alpha value is -1.60. The van der Waals surface area contributed by atoms with E-state index in [-0.39, 0.29) is 17.1 Å². The predicted octanol–water partition coefficient (Wildman–Crippen LogP) is 0.860. The summed E-state index contributed by atoms with van der Waals surface area (Å²) in [4.78, 5) is 11.7. The zero-order chi connectivity index (χ0) is 13.2. The molecule has 1 atom stereocenters. The number of methoxy groups -OCH3 is 1. The van der Waals surface area contributed by atoms with Crippen LogP contribution in [0.4, 0.5) is 0 Å². The number of carbonyl (C=O) groups is 1. The summed E-state index contributed by atoms with van der Waals surface area (Å²) in [7, 11) is -3.13. The Morgan fingerprint density at radius 1 is 1.41 bits per heavy atom. The topological polar surface area (TPSA) is 101 Å². The number of phenolic OH excluding ortho intramolecular Hbond substituents is 1. The molecule has 0 spiro atoms. The van der Waals surface area contributed by atoms with E-state index in [0.717, 1.165) is 6.92 Å². The van der Waals surface area contributed by atoms with Gasteiger partial charge in [0.05, 0.1) is 7.11 Å². The van der Waals surface area contributed by atoms with Crippen molar-refractivity contribution in [2.24, 2.45) is 0 Å². The molecule has 0 saturated heterocycles. The van der Waals surface area contributed by atoms with E-state index < -0.39 is 21.2 Å². The molecule has 1 unspecified atom stereocenters. The van der Waals surface area contributed by atoms with Gasteiger partial charge in [0.1, 0.15) is 5.25 Å². The van der Waals surface area contributed by atoms with Crippen molar-refractivity contribution in [2.75, 3.05) is 7.11 Å². The quantitative estimate of drug-likeness (QED) is 0.615. The number of aromatic hydroxyl groups is 1. The van der Waals surface area contributed by atoms with Gasteiger partial charge in [0.2, 0.25) is 0 Å². The normalized spacial score (nSPS) is 13.1. The number of Topliss-reactive ketones (excluding diaryl/α,β-unsaturated/α-hetero) is 1. The number of benzene rings is 1. The Labute approximate surface area is 98.6 Å². The van der Waals surface area contributed by atoms with Gasteiger partial charge in [-0.25, -0.2) is 0 Å². The minimum atomic E-state index is -4.43. The van der Waals surface area contributed by atoms with Gasteiger partial charge in [-0.3, -0.25) is 9.35 Å². The Kier molecular flexibility index (Phi) is 3.74. The van der Waals surface area contributed by atoms with Crippen LogP contribution in [0.1, 0.15) is 17.3 Å². The monoisotopic (exact) mass is 260 g/mol. The number of carbonyl (C=O) groups excluding carboxylic acids is 1. The molecule has 0 aliphatic carbocycles. The third-order valence-electron chi connectivity index (χ3n) is 2.28. The molecule has 0 aromatic heterocycles. The molecular weight excluding hydrogens is 248 g/mol. The lowest BCUT2D eigenvalue weighted by molar-refractivity contribution is 0.0989. The molecule has 0 aliphatic rings. The average molecular weight is 260 g/mol. The van der Waals surface area contributed by atoms with E-state index in [4.69, 9.17) is 9.29 Å². The van der Waals surface area contributed by atoms with E-state index in [1.54, 1.807) is 0 Å². The minimum absolute atomic E-state index is 0.0322. The first-order chi connectivity index (χ1) is 7.77. The Morgan fingerprint density at radius 3 is 2.47 bits per heavy atom. The lowest BCUT2D eigenvalue weighted by atomic mass is 10.1. The van der Waals surface area contributed by atoms with Crippen molar-refractivity contribution in [1.82, 2.24) is 0 Å². The molecule has 2 N–H and O–H groups in total. The van der Waals surface area contributed by atoms with Crippen molar-refractivity contribution >= 4 is 15.9 Å². The molecule has 1 aromatic rings. The van der Waals surface area contributed by atoms with Gasteiger partial charge in [-0.1, -0.05) is 0 Å². The second kappa shape index (κ2) is 4.72. The summed E-state index contributed by atoms with van der Waals surface area (Å²) in [5.41, 5.74) is 0.0322. The van der Waals surface area contributed by atoms with Crippen molar-refractivity contribution in [1.29, 1.82) is 0 Å². The van der Waals surface area contributed by atoms with E-state index in [1.807, 2.05) is 0 Å². The summed E-state index contributed by atoms with van der Waals surface area (Å²) >= 11 is 0. The van der Waals surface area contributed by atoms with Crippen LogP contribution in [-0.4, -0.2) is 36.2 Å². The number of ketones is 1. The molecule has 0 saturated carbocycles. The van der Waals surface area contributed by atoms with Crippen LogP contribution in [0.2, 0.25) is 0 Å². The fourth-order valence-corrected chi connectivity index (χ4v) is 1.61. The van der Waals surface area contributed by atoms with E-state index in [9.17, 15) is 18.3 Å². The Balaban J connectivity index is 3.14. The standard InChI is InChI=1S/C10H12O6S/c1-6(17(13,14)15)10(12)7-3-4-8(11)9(5-7)16-2/h3-6,11H,1-2H3,(H,13,14,15). The number of hydrogen-bond donors (Lipinski definition) is 2. The first kappa shape index (κ1) is 13.5. The maximum Gasteiger partial charge on any atom is 0.275 e. The summed E-state index contributed by atoms with van der Waals surface area (Å²) in [5, 5.41) is 7.75. The van der Waals surface area contributed by atoms with Crippen LogP contribution in [0.5, 0.6) is 11.5 Å². The molecule has 7 heteroatoms. The first-order valence-electron chi connectivity index (χ1n) is 4.65. The molecule has 1 rings (SSSR count). The first-order valence-corrected chi connectivity index (χ1v) is 6.15. The van der Waals surface area contributed by atoms with Crippen LogP contribution in [0.25, 0.3) is 0 Å². The fourth-order valence-electron chi connectivity index (χ4n) is 1.20. The van der Waals surface area contributed by atoms with Crippen molar-refractivity contribution in [3.8, 4) is 11.5 Å². The van der Waals surface area contributed by atoms with E-state index in [2.05, 4.69) is 0 Å². The maximum atomic E-state index is 11.7. The molecule has 17 heavy (non-hydrogen) atoms. The van der Waals surface area contributed by atoms with Gasteiger partial charge < -0.3 is 9.84 Å². The highest BCUT2D eigenvalue weighted by Crippen LogP contribution is 2.27. The van der Waals surface area contributed by atoms with Gasteiger partial charge in [-0.2, -0.15) is 8.42 Å². The summed E-state index contributed by atoms with van der Waals surface area (Å²) in [6, 6.07) is 3.67. The number of rotatable bonds is 4. The predicted molar refractivity (Wildman–Crippen MR) is 60.0 cm³/mol. The molecule has 0 amide bonds. The minimum Gasteiger partial charge on any atom is -0.504 e. The molecule has 0 fully saturated rings. The lowest BCUT2D eigenvalue weighted by Gasteiger charge is -2.09. The van der Waals surface area contributed by atoms with E-state index in [0.29, 0.717) is 0 Å². The number of hydrogen-bond acceptors (Lipinski definition) is 5. The van der Waals surface area contributed by atoms with E-state index >= 15 is 0 Å². The van der Waals surface area contributed by atoms with Crippen molar-refractivity contribution < 1.29 is 27.6 Å². The summed E-state index contributed by atoms with van der Waals surface area (Å²) in [5.74, 6) is -0.882. The van der Waals surface area contributed by atoms with Gasteiger partial charge in [0, 0.05) is 5.56 Å². The maximum absolute atomic E-state index is 11.7. The highest BCUT2D eigenvalue weighted by atomic mass is 32.2. The molecule has 1 aromatic carbocycles. The smallest absolute Gasteiger partial charge is 0.275 e. The van der Waals surface area contributed by atoms with Gasteiger partial charge in [-0.15, -0.1) is 0 Å². The van der Waals surface area contributed by atoms with Crippen LogP contribution >= 0.6 is 0 Å². The van der Waals surface area contributed by atoms with Crippen molar-refractivity contribution in [2.45, 2.75) is 12.2 Å². The highest BCUT2D eigenvalue weighted by Gasteiger charge is 2.27. The van der Waals surface area contributed by atoms with Gasteiger partial charge >= 0.3 is 0 Å². The Morgan fingerprint density at radius 2 is 2.00 bits per heavy atom. The average Bonchev–Trinajstić information content (AvgIpc) is 2.26. The van der Waals surface area contributed by atoms with Gasteiger partial charge in [0.25, 0.3) is 10.1 Å². The molecule has 0 bridgehead atoms. The van der Waals surface area contributed by atoms with Crippen LogP contribution in [0.15, 0.2) is 18.2 Å². The summed E-state index contributed by atoms with van der Waals surface area (Å²) in [6.45, 7) is 1.08. The molecule has 6 nitrogen and oxygen atoms in total. The van der Waals surface area contributed by atoms with Crippen LogP contribution < -0.4 is 4.74 Å². The van der Waals surface area contributed by atoms with Gasteiger partial charge in [0.15, 0.2) is 17.3 Å². The zero-order valence-corrected chi connectivity index (χ0v) is 10.1. The van der Waals surface area contributed by atoms with Crippen LogP contribution in [-0.2, 0) is 10.1 Å². The van der Waals surface area contributed by atoms with Gasteiger partial charge in [-0.05, 0) is 25.1 Å². The summed E-state index contributed by atoms with van der Waals surface area (Å²) < 4.78 is 35.2. The summed E-state index contributed by atoms with van der Waals surface area (Å²) in [6.07, 6.45) is 0. The largest absolute Gasteiger partial charge is 0.504 e. The second-order valence-corrected chi connectivity index (χ2v) is 5.15. The van der Waals surface area contributed by atoms with Crippen LogP contribution in [0.3, 0.4) is 0 Å². The van der Waals surface area contributed by atoms with E-state index in [1.165, 1.54) is 25.3 Å². The lowest BCUT2D eigenvalue weighted by Crippen LogP contribution is -2.26. The number of phenols is 1. The molecule has 0 aliphatic heterocycles. The van der Waals surface area contributed by atoms with Crippen molar-refractivity contribution in [3.63, 3.8) is 0 Å². The Bertz CT molecular complexity index is 534. The third-order valence-corrected chi connectivity index (χ3v) is 3.39. The highest BCUT2D eigenvalue weighted by molar-refractivity contribution is 7.87.